The van der Waals surface area contributed by atoms with E-state index in [1.165, 1.54) is 50.8 Å². The van der Waals surface area contributed by atoms with E-state index in [1.54, 1.807) is 0 Å². The van der Waals surface area contributed by atoms with E-state index in [0.29, 0.717) is 6.04 Å². The Morgan fingerprint density at radius 3 is 2.67 bits per heavy atom. The highest BCUT2D eigenvalue weighted by Crippen LogP contribution is 2.23. The molecule has 0 aromatic heterocycles. The van der Waals surface area contributed by atoms with Crippen LogP contribution in [0.25, 0.3) is 0 Å². The molecule has 2 unspecified atom stereocenters. The van der Waals surface area contributed by atoms with Crippen LogP contribution >= 0.6 is 11.6 Å². The molecule has 2 atom stereocenters. The molecule has 1 fully saturated rings. The van der Waals surface area contributed by atoms with Crippen molar-refractivity contribution >= 4 is 11.6 Å². The summed E-state index contributed by atoms with van der Waals surface area (Å²) < 4.78 is 0. The van der Waals surface area contributed by atoms with Crippen LogP contribution in [-0.2, 0) is 0 Å². The summed E-state index contributed by atoms with van der Waals surface area (Å²) in [5.41, 5.74) is 1.34. The zero-order valence-electron chi connectivity index (χ0n) is 13.4. The predicted molar refractivity (Wildman–Crippen MR) is 92.0 cm³/mol. The van der Waals surface area contributed by atoms with Crippen molar-refractivity contribution in [3.63, 3.8) is 0 Å². The molecule has 1 aromatic carbocycles. The van der Waals surface area contributed by atoms with Gasteiger partial charge in [-0.05, 0) is 57.0 Å². The van der Waals surface area contributed by atoms with Gasteiger partial charge in [-0.1, -0.05) is 43.5 Å². The lowest BCUT2D eigenvalue weighted by Crippen LogP contribution is -2.36. The van der Waals surface area contributed by atoms with E-state index in [1.807, 2.05) is 12.1 Å². The minimum atomic E-state index is 0.419. The maximum Gasteiger partial charge on any atom is 0.0406 e. The minimum Gasteiger partial charge on any atom is -0.313 e. The average molecular weight is 309 g/mol. The van der Waals surface area contributed by atoms with Gasteiger partial charge in [0.1, 0.15) is 0 Å². The molecular formula is C18H29ClN2. The second-order valence-electron chi connectivity index (χ2n) is 6.13. The van der Waals surface area contributed by atoms with Crippen LogP contribution in [0.15, 0.2) is 24.3 Å². The van der Waals surface area contributed by atoms with Crippen molar-refractivity contribution in [1.82, 2.24) is 10.2 Å². The van der Waals surface area contributed by atoms with Gasteiger partial charge in [-0.15, -0.1) is 0 Å². The zero-order valence-corrected chi connectivity index (χ0v) is 14.2. The fourth-order valence-electron chi connectivity index (χ4n) is 3.46. The largest absolute Gasteiger partial charge is 0.313 e. The third-order valence-electron chi connectivity index (χ3n) is 4.80. The number of hydrogen-bond acceptors (Lipinski definition) is 2. The maximum absolute atomic E-state index is 5.99. The molecule has 1 heterocycles. The second-order valence-corrected chi connectivity index (χ2v) is 6.57. The summed E-state index contributed by atoms with van der Waals surface area (Å²) in [6, 6.07) is 9.47. The molecule has 0 amide bonds. The van der Waals surface area contributed by atoms with E-state index in [2.05, 4.69) is 36.3 Å². The first-order valence-corrected chi connectivity index (χ1v) is 8.79. The first-order chi connectivity index (χ1) is 10.2. The van der Waals surface area contributed by atoms with Crippen LogP contribution in [0.3, 0.4) is 0 Å². The molecule has 3 heteroatoms. The Kier molecular flexibility index (Phi) is 7.01. The molecule has 118 valence electrons. The van der Waals surface area contributed by atoms with Crippen molar-refractivity contribution in [1.29, 1.82) is 0 Å². The fourth-order valence-corrected chi connectivity index (χ4v) is 3.59. The number of rotatable bonds is 6. The highest BCUT2D eigenvalue weighted by atomic mass is 35.5. The summed E-state index contributed by atoms with van der Waals surface area (Å²) in [6.45, 7) is 4.79. The Balaban J connectivity index is 1.93. The van der Waals surface area contributed by atoms with E-state index in [9.17, 15) is 0 Å². The van der Waals surface area contributed by atoms with Crippen molar-refractivity contribution in [3.05, 3.63) is 34.9 Å². The van der Waals surface area contributed by atoms with Gasteiger partial charge in [0.25, 0.3) is 0 Å². The lowest BCUT2D eigenvalue weighted by atomic mass is 10.0. The molecule has 0 radical (unpaired) electrons. The number of halogens is 1. The number of nitrogens with one attached hydrogen (secondary N) is 1. The van der Waals surface area contributed by atoms with Gasteiger partial charge in [0, 0.05) is 23.7 Å². The number of nitrogens with zero attached hydrogens (tertiary/aromatic N) is 1. The molecule has 0 aliphatic carbocycles. The summed E-state index contributed by atoms with van der Waals surface area (Å²) in [7, 11) is 2.05. The van der Waals surface area contributed by atoms with Gasteiger partial charge in [-0.2, -0.15) is 0 Å². The van der Waals surface area contributed by atoms with Crippen LogP contribution in [-0.4, -0.2) is 31.1 Å². The lowest BCUT2D eigenvalue weighted by molar-refractivity contribution is 0.185. The summed E-state index contributed by atoms with van der Waals surface area (Å²) in [4.78, 5) is 2.72. The van der Waals surface area contributed by atoms with Gasteiger partial charge in [-0.25, -0.2) is 0 Å². The van der Waals surface area contributed by atoms with Gasteiger partial charge in [-0.3, -0.25) is 0 Å². The first kappa shape index (κ1) is 16.8. The third-order valence-corrected chi connectivity index (χ3v) is 5.05. The van der Waals surface area contributed by atoms with E-state index in [-0.39, 0.29) is 0 Å². The predicted octanol–water partition coefficient (Wildman–Crippen LogP) is 4.65. The van der Waals surface area contributed by atoms with E-state index < -0.39 is 0 Å². The maximum atomic E-state index is 5.99. The molecule has 0 spiro atoms. The Morgan fingerprint density at radius 1 is 1.24 bits per heavy atom. The fraction of sp³-hybridized carbons (Fsp3) is 0.667. The topological polar surface area (TPSA) is 15.3 Å². The number of likely N-dealkylation sites (tertiary alicyclic amines) is 1. The molecule has 0 bridgehead atoms. The molecule has 0 saturated carbocycles. The van der Waals surface area contributed by atoms with Crippen molar-refractivity contribution in [2.45, 2.75) is 57.5 Å². The molecule has 1 aromatic rings. The molecule has 1 aliphatic heterocycles. The molecule has 2 nitrogen and oxygen atoms in total. The van der Waals surface area contributed by atoms with Gasteiger partial charge in [0.2, 0.25) is 0 Å². The van der Waals surface area contributed by atoms with Crippen LogP contribution in [0.1, 0.15) is 57.1 Å². The van der Waals surface area contributed by atoms with Gasteiger partial charge in [0.05, 0.1) is 0 Å². The van der Waals surface area contributed by atoms with Crippen molar-refractivity contribution in [2.24, 2.45) is 0 Å². The Morgan fingerprint density at radius 2 is 2.00 bits per heavy atom. The van der Waals surface area contributed by atoms with Crippen LogP contribution in [0.5, 0.6) is 0 Å². The molecule has 2 rings (SSSR count). The Hall–Kier alpha value is -0.570. The van der Waals surface area contributed by atoms with Crippen molar-refractivity contribution in [2.75, 3.05) is 20.1 Å². The summed E-state index contributed by atoms with van der Waals surface area (Å²) in [5, 5.41) is 4.27. The van der Waals surface area contributed by atoms with Gasteiger partial charge in [0.15, 0.2) is 0 Å². The lowest BCUT2D eigenvalue weighted by Gasteiger charge is -2.30. The zero-order chi connectivity index (χ0) is 15.1. The van der Waals surface area contributed by atoms with Gasteiger partial charge >= 0.3 is 0 Å². The van der Waals surface area contributed by atoms with E-state index >= 15 is 0 Å². The van der Waals surface area contributed by atoms with E-state index in [0.717, 1.165) is 17.5 Å². The van der Waals surface area contributed by atoms with Crippen LogP contribution < -0.4 is 5.32 Å². The summed E-state index contributed by atoms with van der Waals surface area (Å²) >= 11 is 5.99. The molecule has 21 heavy (non-hydrogen) atoms. The SMILES string of the molecule is CCC1CCCCCN1CCC(NC)c1ccc(Cl)cc1. The molecular weight excluding hydrogens is 280 g/mol. The van der Waals surface area contributed by atoms with Crippen LogP contribution in [0.2, 0.25) is 5.02 Å². The average Bonchev–Trinajstić information content (AvgIpc) is 2.74. The third kappa shape index (κ3) is 4.98. The van der Waals surface area contributed by atoms with Gasteiger partial charge < -0.3 is 10.2 Å². The smallest absolute Gasteiger partial charge is 0.0406 e. The van der Waals surface area contributed by atoms with Crippen molar-refractivity contribution in [3.8, 4) is 0 Å². The summed E-state index contributed by atoms with van der Waals surface area (Å²) in [6.07, 6.45) is 7.99. The first-order valence-electron chi connectivity index (χ1n) is 8.41. The monoisotopic (exact) mass is 308 g/mol. The molecule has 1 aliphatic rings. The minimum absolute atomic E-state index is 0.419. The van der Waals surface area contributed by atoms with Crippen LogP contribution in [0.4, 0.5) is 0 Å². The normalized spacial score (nSPS) is 22.0. The number of benzene rings is 1. The summed E-state index contributed by atoms with van der Waals surface area (Å²) in [5.74, 6) is 0. The molecule has 1 N–H and O–H groups in total. The Labute approximate surface area is 134 Å². The van der Waals surface area contributed by atoms with Crippen LogP contribution in [0, 0.1) is 0 Å². The highest BCUT2D eigenvalue weighted by molar-refractivity contribution is 6.30. The Bertz CT molecular complexity index is 404. The van der Waals surface area contributed by atoms with Crippen molar-refractivity contribution < 1.29 is 0 Å². The second kappa shape index (κ2) is 8.77. The highest BCUT2D eigenvalue weighted by Gasteiger charge is 2.20. The van der Waals surface area contributed by atoms with E-state index in [4.69, 9.17) is 11.6 Å². The quantitative estimate of drug-likeness (QED) is 0.823. The number of hydrogen-bond donors (Lipinski definition) is 1. The standard InChI is InChI=1S/C18H29ClN2/c1-3-17-7-5-4-6-13-21(17)14-12-18(20-2)15-8-10-16(19)11-9-15/h8-11,17-18,20H,3-7,12-14H2,1-2H3. The molecule has 1 saturated heterocycles.